The van der Waals surface area contributed by atoms with Gasteiger partial charge in [-0.15, -0.1) is 0 Å². The average Bonchev–Trinajstić information content (AvgIpc) is 2.35. The van der Waals surface area contributed by atoms with Gasteiger partial charge in [-0.05, 0) is 40.5 Å². The molecule has 1 saturated heterocycles. The standard InChI is InChI=1S/C14H27NO5/c1-10(17)11(18)14(9-16)5-7-15(8-6-14)12(19)20-13(2,3)4/h10-11,16-18H,5-9H2,1-4H3. The molecule has 3 N–H and O–H groups in total. The van der Waals surface area contributed by atoms with E-state index in [-0.39, 0.29) is 12.7 Å². The second kappa shape index (κ2) is 6.28. The van der Waals surface area contributed by atoms with E-state index in [0.29, 0.717) is 25.9 Å². The lowest BCUT2D eigenvalue weighted by molar-refractivity contribution is -0.106. The van der Waals surface area contributed by atoms with Crippen LogP contribution in [0.1, 0.15) is 40.5 Å². The number of rotatable bonds is 3. The van der Waals surface area contributed by atoms with Crippen molar-refractivity contribution in [1.29, 1.82) is 0 Å². The highest BCUT2D eigenvalue weighted by molar-refractivity contribution is 5.68. The molecular weight excluding hydrogens is 262 g/mol. The van der Waals surface area contributed by atoms with Crippen LogP contribution in [0.4, 0.5) is 4.79 Å². The Labute approximate surface area is 120 Å². The third kappa shape index (κ3) is 4.07. The third-order valence-corrected chi connectivity index (χ3v) is 3.81. The Morgan fingerprint density at radius 3 is 2.15 bits per heavy atom. The highest BCUT2D eigenvalue weighted by Gasteiger charge is 2.43. The van der Waals surface area contributed by atoms with E-state index in [4.69, 9.17) is 4.74 Å². The van der Waals surface area contributed by atoms with Crippen LogP contribution in [0.5, 0.6) is 0 Å². The molecule has 0 aromatic rings. The molecule has 118 valence electrons. The number of piperidine rings is 1. The fraction of sp³-hybridized carbons (Fsp3) is 0.929. The number of aliphatic hydroxyl groups is 3. The van der Waals surface area contributed by atoms with Crippen molar-refractivity contribution in [2.24, 2.45) is 5.41 Å². The Kier molecular flexibility index (Phi) is 5.40. The molecule has 2 unspecified atom stereocenters. The first-order valence-electron chi connectivity index (χ1n) is 7.06. The van der Waals surface area contributed by atoms with Crippen molar-refractivity contribution in [3.63, 3.8) is 0 Å². The van der Waals surface area contributed by atoms with Gasteiger partial charge >= 0.3 is 6.09 Å². The second-order valence-corrected chi connectivity index (χ2v) is 6.67. The van der Waals surface area contributed by atoms with E-state index < -0.39 is 23.2 Å². The average molecular weight is 289 g/mol. The van der Waals surface area contributed by atoms with Crippen LogP contribution in [0.15, 0.2) is 0 Å². The number of ether oxygens (including phenoxy) is 1. The minimum atomic E-state index is -0.992. The molecule has 1 rings (SSSR count). The maximum atomic E-state index is 11.9. The molecule has 2 atom stereocenters. The molecule has 1 aliphatic rings. The van der Waals surface area contributed by atoms with Crippen molar-refractivity contribution >= 4 is 6.09 Å². The van der Waals surface area contributed by atoms with Crippen molar-refractivity contribution in [1.82, 2.24) is 4.90 Å². The van der Waals surface area contributed by atoms with Crippen LogP contribution in [0.25, 0.3) is 0 Å². The van der Waals surface area contributed by atoms with Gasteiger partial charge < -0.3 is 25.0 Å². The van der Waals surface area contributed by atoms with E-state index in [1.165, 1.54) is 6.92 Å². The summed E-state index contributed by atoms with van der Waals surface area (Å²) in [4.78, 5) is 13.5. The summed E-state index contributed by atoms with van der Waals surface area (Å²) in [6.07, 6.45) is -1.40. The third-order valence-electron chi connectivity index (χ3n) is 3.81. The van der Waals surface area contributed by atoms with Crippen LogP contribution < -0.4 is 0 Å². The number of hydrogen-bond donors (Lipinski definition) is 3. The van der Waals surface area contributed by atoms with Gasteiger partial charge in [0.15, 0.2) is 0 Å². The second-order valence-electron chi connectivity index (χ2n) is 6.67. The SMILES string of the molecule is CC(O)C(O)C1(CO)CCN(C(=O)OC(C)(C)C)CC1. The number of amides is 1. The van der Waals surface area contributed by atoms with Crippen molar-refractivity contribution < 1.29 is 24.9 Å². The summed E-state index contributed by atoms with van der Waals surface area (Å²) >= 11 is 0. The summed E-state index contributed by atoms with van der Waals surface area (Å²) in [7, 11) is 0. The summed E-state index contributed by atoms with van der Waals surface area (Å²) in [5.74, 6) is 0. The zero-order chi connectivity index (χ0) is 15.6. The number of aliphatic hydroxyl groups excluding tert-OH is 3. The molecule has 20 heavy (non-hydrogen) atoms. The fourth-order valence-corrected chi connectivity index (χ4v) is 2.52. The molecule has 0 saturated carbocycles. The quantitative estimate of drug-likeness (QED) is 0.713. The van der Waals surface area contributed by atoms with Crippen molar-refractivity contribution in [3.05, 3.63) is 0 Å². The van der Waals surface area contributed by atoms with Gasteiger partial charge in [-0.1, -0.05) is 0 Å². The predicted octanol–water partition coefficient (Wildman–Crippen LogP) is 0.738. The minimum absolute atomic E-state index is 0.207. The van der Waals surface area contributed by atoms with E-state index in [9.17, 15) is 20.1 Å². The summed E-state index contributed by atoms with van der Waals surface area (Å²) < 4.78 is 5.30. The molecule has 6 nitrogen and oxygen atoms in total. The lowest BCUT2D eigenvalue weighted by Crippen LogP contribution is -2.53. The summed E-state index contributed by atoms with van der Waals surface area (Å²) in [6.45, 7) is 7.53. The molecule has 0 aliphatic carbocycles. The van der Waals surface area contributed by atoms with Gasteiger partial charge in [0, 0.05) is 18.5 Å². The molecule has 0 aromatic carbocycles. The summed E-state index contributed by atoms with van der Waals surface area (Å²) in [5.41, 5.74) is -1.28. The number of carbonyl (C=O) groups excluding carboxylic acids is 1. The van der Waals surface area contributed by atoms with Gasteiger partial charge in [-0.25, -0.2) is 4.79 Å². The molecule has 0 aromatic heterocycles. The van der Waals surface area contributed by atoms with Gasteiger partial charge in [0.1, 0.15) is 5.60 Å². The minimum Gasteiger partial charge on any atom is -0.444 e. The molecule has 0 radical (unpaired) electrons. The summed E-state index contributed by atoms with van der Waals surface area (Å²) in [5, 5.41) is 29.2. The molecule has 0 bridgehead atoms. The topological polar surface area (TPSA) is 90.2 Å². The van der Waals surface area contributed by atoms with E-state index in [2.05, 4.69) is 0 Å². The van der Waals surface area contributed by atoms with Gasteiger partial charge in [-0.2, -0.15) is 0 Å². The van der Waals surface area contributed by atoms with Crippen LogP contribution >= 0.6 is 0 Å². The maximum absolute atomic E-state index is 11.9. The Morgan fingerprint density at radius 1 is 1.30 bits per heavy atom. The monoisotopic (exact) mass is 289 g/mol. The van der Waals surface area contributed by atoms with Crippen LogP contribution in [0.3, 0.4) is 0 Å². The first-order chi connectivity index (χ1) is 9.11. The molecule has 1 fully saturated rings. The molecule has 1 amide bonds. The van der Waals surface area contributed by atoms with Gasteiger partial charge in [0.05, 0.1) is 18.8 Å². The van der Waals surface area contributed by atoms with Crippen LogP contribution in [-0.4, -0.2) is 63.8 Å². The zero-order valence-electron chi connectivity index (χ0n) is 12.8. The molecule has 0 spiro atoms. The van der Waals surface area contributed by atoms with Crippen molar-refractivity contribution in [2.45, 2.75) is 58.3 Å². The van der Waals surface area contributed by atoms with Crippen LogP contribution in [0, 0.1) is 5.41 Å². The van der Waals surface area contributed by atoms with Gasteiger partial charge in [-0.3, -0.25) is 0 Å². The Morgan fingerprint density at radius 2 is 1.80 bits per heavy atom. The van der Waals surface area contributed by atoms with E-state index in [1.807, 2.05) is 20.8 Å². The van der Waals surface area contributed by atoms with Gasteiger partial charge in [0.25, 0.3) is 0 Å². The highest BCUT2D eigenvalue weighted by atomic mass is 16.6. The zero-order valence-corrected chi connectivity index (χ0v) is 12.8. The van der Waals surface area contributed by atoms with Crippen LogP contribution in [-0.2, 0) is 4.74 Å². The van der Waals surface area contributed by atoms with Crippen molar-refractivity contribution in [3.8, 4) is 0 Å². The van der Waals surface area contributed by atoms with E-state index >= 15 is 0 Å². The van der Waals surface area contributed by atoms with Crippen molar-refractivity contribution in [2.75, 3.05) is 19.7 Å². The molecule has 6 heteroatoms. The number of nitrogens with zero attached hydrogens (tertiary/aromatic N) is 1. The largest absolute Gasteiger partial charge is 0.444 e. The lowest BCUT2D eigenvalue weighted by Gasteiger charge is -2.44. The van der Waals surface area contributed by atoms with Crippen LogP contribution in [0.2, 0.25) is 0 Å². The highest BCUT2D eigenvalue weighted by Crippen LogP contribution is 2.36. The Balaban J connectivity index is 2.64. The Bertz CT molecular complexity index is 329. The smallest absolute Gasteiger partial charge is 0.410 e. The van der Waals surface area contributed by atoms with E-state index in [1.54, 1.807) is 4.90 Å². The Hall–Kier alpha value is -0.850. The number of likely N-dealkylation sites (tertiary alicyclic amines) is 1. The molecular formula is C14H27NO5. The van der Waals surface area contributed by atoms with Gasteiger partial charge in [0.2, 0.25) is 0 Å². The first-order valence-corrected chi connectivity index (χ1v) is 7.06. The number of hydrogen-bond acceptors (Lipinski definition) is 5. The fourth-order valence-electron chi connectivity index (χ4n) is 2.52. The normalized spacial score (nSPS) is 22.2. The lowest BCUT2D eigenvalue weighted by atomic mass is 9.73. The van der Waals surface area contributed by atoms with E-state index in [0.717, 1.165) is 0 Å². The number of carbonyl (C=O) groups is 1. The summed E-state index contributed by atoms with van der Waals surface area (Å²) in [6, 6.07) is 0. The first kappa shape index (κ1) is 17.2. The maximum Gasteiger partial charge on any atom is 0.410 e. The molecule has 1 heterocycles. The molecule has 1 aliphatic heterocycles. The predicted molar refractivity (Wildman–Crippen MR) is 74.2 cm³/mol.